The van der Waals surface area contributed by atoms with Gasteiger partial charge in [0.25, 0.3) is 0 Å². The Hall–Kier alpha value is -3.11. The summed E-state index contributed by atoms with van der Waals surface area (Å²) in [7, 11) is 0. The number of ether oxygens (including phenoxy) is 1. The van der Waals surface area contributed by atoms with Gasteiger partial charge < -0.3 is 9.30 Å². The zero-order valence-corrected chi connectivity index (χ0v) is 17.1. The van der Waals surface area contributed by atoms with Crippen LogP contribution in [0.15, 0.2) is 66.7 Å². The van der Waals surface area contributed by atoms with Gasteiger partial charge in [0, 0.05) is 10.6 Å². The lowest BCUT2D eigenvalue weighted by Gasteiger charge is -2.12. The van der Waals surface area contributed by atoms with E-state index in [4.69, 9.17) is 21.3 Å². The first-order valence-electron chi connectivity index (χ1n) is 9.44. The van der Waals surface area contributed by atoms with Crippen molar-refractivity contribution in [2.24, 2.45) is 0 Å². The van der Waals surface area contributed by atoms with E-state index in [0.717, 1.165) is 33.7 Å². The maximum Gasteiger partial charge on any atom is 0.182 e. The van der Waals surface area contributed by atoms with Crippen molar-refractivity contribution in [3.8, 4) is 5.75 Å². The molecule has 0 atom stereocenters. The maximum absolute atomic E-state index is 12.9. The fourth-order valence-electron chi connectivity index (χ4n) is 3.29. The number of fused-ring (bicyclic) bond motifs is 1. The quantitative estimate of drug-likeness (QED) is 0.383. The Labute approximate surface area is 174 Å². The highest BCUT2D eigenvalue weighted by Crippen LogP contribution is 2.23. The van der Waals surface area contributed by atoms with Crippen LogP contribution < -0.4 is 4.74 Å². The molecule has 0 spiro atoms. The monoisotopic (exact) mass is 404 g/mol. The van der Waals surface area contributed by atoms with Crippen LogP contribution in [-0.4, -0.2) is 15.3 Å². The molecule has 29 heavy (non-hydrogen) atoms. The van der Waals surface area contributed by atoms with Crippen LogP contribution in [-0.2, 0) is 13.2 Å². The minimum Gasteiger partial charge on any atom is -0.485 e. The Morgan fingerprint density at radius 3 is 2.59 bits per heavy atom. The van der Waals surface area contributed by atoms with Crippen molar-refractivity contribution in [3.63, 3.8) is 0 Å². The molecule has 0 bridgehead atoms. The summed E-state index contributed by atoms with van der Waals surface area (Å²) >= 11 is 5.94. The number of carbonyl (C=O) groups is 1. The molecule has 0 saturated carbocycles. The topological polar surface area (TPSA) is 44.1 Å². The molecule has 4 nitrogen and oxygen atoms in total. The number of ketones is 1. The van der Waals surface area contributed by atoms with Gasteiger partial charge in [-0.3, -0.25) is 4.79 Å². The number of hydrogen-bond acceptors (Lipinski definition) is 3. The van der Waals surface area contributed by atoms with Gasteiger partial charge in [-0.25, -0.2) is 4.98 Å². The highest BCUT2D eigenvalue weighted by atomic mass is 35.5. The molecule has 0 fully saturated rings. The van der Waals surface area contributed by atoms with E-state index in [1.54, 1.807) is 24.3 Å². The summed E-state index contributed by atoms with van der Waals surface area (Å²) in [5.41, 5.74) is 4.58. The number of carbonyl (C=O) groups excluding carboxylic acids is 1. The molecule has 4 aromatic rings. The number of nitrogens with zero attached hydrogens (tertiary/aromatic N) is 2. The predicted octanol–water partition coefficient (Wildman–Crippen LogP) is 5.77. The van der Waals surface area contributed by atoms with Gasteiger partial charge in [0.15, 0.2) is 5.78 Å². The summed E-state index contributed by atoms with van der Waals surface area (Å²) in [6.07, 6.45) is 0. The largest absolute Gasteiger partial charge is 0.485 e. The van der Waals surface area contributed by atoms with E-state index in [1.807, 2.05) is 54.8 Å². The lowest BCUT2D eigenvalue weighted by molar-refractivity contribution is 0.0971. The third-order valence-corrected chi connectivity index (χ3v) is 5.15. The highest BCUT2D eigenvalue weighted by molar-refractivity contribution is 6.30. The summed E-state index contributed by atoms with van der Waals surface area (Å²) < 4.78 is 7.99. The summed E-state index contributed by atoms with van der Waals surface area (Å²) in [5, 5.41) is 0.609. The van der Waals surface area contributed by atoms with Crippen molar-refractivity contribution >= 4 is 28.4 Å². The van der Waals surface area contributed by atoms with Gasteiger partial charge in [-0.1, -0.05) is 35.9 Å². The number of imidazole rings is 1. The molecule has 0 amide bonds. The molecule has 0 saturated heterocycles. The first-order valence-corrected chi connectivity index (χ1v) is 9.82. The van der Waals surface area contributed by atoms with Gasteiger partial charge in [0.1, 0.15) is 18.2 Å². The summed E-state index contributed by atoms with van der Waals surface area (Å²) in [4.78, 5) is 17.6. The predicted molar refractivity (Wildman–Crippen MR) is 116 cm³/mol. The molecule has 4 rings (SSSR count). The van der Waals surface area contributed by atoms with Gasteiger partial charge in [-0.05, 0) is 67.4 Å². The first kappa shape index (κ1) is 19.2. The second kappa shape index (κ2) is 8.10. The molecule has 0 aliphatic carbocycles. The molecule has 1 heterocycles. The van der Waals surface area contributed by atoms with Crippen LogP contribution in [0.3, 0.4) is 0 Å². The first-order chi connectivity index (χ1) is 14.0. The number of rotatable bonds is 6. The van der Waals surface area contributed by atoms with Crippen LogP contribution in [0.5, 0.6) is 5.75 Å². The Morgan fingerprint density at radius 2 is 1.79 bits per heavy atom. The second-order valence-electron chi connectivity index (χ2n) is 7.09. The Bertz CT molecular complexity index is 1180. The van der Waals surface area contributed by atoms with Crippen molar-refractivity contribution in [1.82, 2.24) is 9.55 Å². The van der Waals surface area contributed by atoms with Gasteiger partial charge in [-0.2, -0.15) is 0 Å². The number of para-hydroxylation sites is 2. The summed E-state index contributed by atoms with van der Waals surface area (Å²) in [6, 6.07) is 20.9. The fourth-order valence-corrected chi connectivity index (χ4v) is 3.41. The van der Waals surface area contributed by atoms with Crippen LogP contribution in [0.1, 0.15) is 27.3 Å². The molecule has 5 heteroatoms. The van der Waals surface area contributed by atoms with Crippen LogP contribution in [0, 0.1) is 13.8 Å². The Balaban J connectivity index is 1.64. The van der Waals surface area contributed by atoms with Crippen molar-refractivity contribution in [3.05, 3.63) is 94.3 Å². The van der Waals surface area contributed by atoms with Crippen molar-refractivity contribution in [1.29, 1.82) is 0 Å². The lowest BCUT2D eigenvalue weighted by Crippen LogP contribution is -2.14. The summed E-state index contributed by atoms with van der Waals surface area (Å²) in [5.74, 6) is 1.54. The number of hydrogen-bond donors (Lipinski definition) is 0. The fraction of sp³-hybridized carbons (Fsp3) is 0.167. The van der Waals surface area contributed by atoms with E-state index >= 15 is 0 Å². The minimum absolute atomic E-state index is 0.00203. The number of benzene rings is 3. The highest BCUT2D eigenvalue weighted by Gasteiger charge is 2.16. The molecule has 0 N–H and O–H groups in total. The van der Waals surface area contributed by atoms with E-state index < -0.39 is 0 Å². The van der Waals surface area contributed by atoms with Gasteiger partial charge >= 0.3 is 0 Å². The van der Waals surface area contributed by atoms with Gasteiger partial charge in [0.05, 0.1) is 17.6 Å². The van der Waals surface area contributed by atoms with E-state index in [9.17, 15) is 4.79 Å². The molecule has 0 unspecified atom stereocenters. The average molecular weight is 405 g/mol. The molecular formula is C24H21ClN2O2. The molecular weight excluding hydrogens is 384 g/mol. The third kappa shape index (κ3) is 4.17. The smallest absolute Gasteiger partial charge is 0.182 e. The Morgan fingerprint density at radius 1 is 1.03 bits per heavy atom. The molecule has 0 aliphatic rings. The van der Waals surface area contributed by atoms with E-state index in [0.29, 0.717) is 10.6 Å². The van der Waals surface area contributed by atoms with Crippen LogP contribution in [0.2, 0.25) is 5.02 Å². The number of Topliss-reactive ketones (excluding diaryl/α,β-unsaturated/α-hetero) is 1. The SMILES string of the molecule is Cc1ccc(C)c(OCc2nc3ccccc3n2CC(=O)c2ccc(Cl)cc2)c1. The van der Waals surface area contributed by atoms with E-state index in [1.165, 1.54) is 0 Å². The number of aryl methyl sites for hydroxylation is 2. The maximum atomic E-state index is 12.9. The van der Waals surface area contributed by atoms with Gasteiger partial charge in [0.2, 0.25) is 0 Å². The third-order valence-electron chi connectivity index (χ3n) is 4.90. The zero-order chi connectivity index (χ0) is 20.4. The van der Waals surface area contributed by atoms with E-state index in [2.05, 4.69) is 6.07 Å². The lowest BCUT2D eigenvalue weighted by atomic mass is 10.1. The minimum atomic E-state index is -0.00203. The molecule has 146 valence electrons. The van der Waals surface area contributed by atoms with Crippen molar-refractivity contribution in [2.75, 3.05) is 0 Å². The van der Waals surface area contributed by atoms with Crippen LogP contribution >= 0.6 is 11.6 Å². The molecule has 0 radical (unpaired) electrons. The Kier molecular flexibility index (Phi) is 5.36. The molecule has 0 aliphatic heterocycles. The van der Waals surface area contributed by atoms with Crippen LogP contribution in [0.4, 0.5) is 0 Å². The number of halogens is 1. The molecule has 3 aromatic carbocycles. The zero-order valence-electron chi connectivity index (χ0n) is 16.4. The van der Waals surface area contributed by atoms with Crippen molar-refractivity contribution < 1.29 is 9.53 Å². The average Bonchev–Trinajstić information content (AvgIpc) is 3.06. The van der Waals surface area contributed by atoms with E-state index in [-0.39, 0.29) is 18.9 Å². The van der Waals surface area contributed by atoms with Gasteiger partial charge in [-0.15, -0.1) is 0 Å². The normalized spacial score (nSPS) is 11.0. The van der Waals surface area contributed by atoms with Crippen molar-refractivity contribution in [2.45, 2.75) is 27.0 Å². The second-order valence-corrected chi connectivity index (χ2v) is 7.53. The van der Waals surface area contributed by atoms with Crippen LogP contribution in [0.25, 0.3) is 11.0 Å². The number of aromatic nitrogens is 2. The summed E-state index contributed by atoms with van der Waals surface area (Å²) in [6.45, 7) is 4.52. The standard InChI is InChI=1S/C24H21ClN2O2/c1-16-7-8-17(2)23(13-16)29-15-24-26-20-5-3-4-6-21(20)27(24)14-22(28)18-9-11-19(25)12-10-18/h3-13H,14-15H2,1-2H3. The molecule has 1 aromatic heterocycles.